The second kappa shape index (κ2) is 10.2. The Morgan fingerprint density at radius 3 is 1.21 bits per heavy atom. The fourth-order valence-corrected chi connectivity index (χ4v) is 4.81. The third-order valence-corrected chi connectivity index (χ3v) is 7.07. The number of benzene rings is 2. The molecule has 0 saturated heterocycles. The zero-order chi connectivity index (χ0) is 20.8. The van der Waals surface area contributed by atoms with Gasteiger partial charge in [-0.25, -0.2) is 0 Å². The van der Waals surface area contributed by atoms with Crippen LogP contribution in [0.2, 0.25) is 20.1 Å². The van der Waals surface area contributed by atoms with Crippen molar-refractivity contribution in [3.63, 3.8) is 0 Å². The third kappa shape index (κ3) is 5.24. The summed E-state index contributed by atoms with van der Waals surface area (Å²) in [6.45, 7) is 0. The third-order valence-electron chi connectivity index (χ3n) is 3.23. The normalized spacial score (nSPS) is 12.5. The van der Waals surface area contributed by atoms with Gasteiger partial charge in [0.15, 0.2) is 0 Å². The van der Waals surface area contributed by atoms with Gasteiger partial charge in [-0.2, -0.15) is 10.5 Å². The lowest BCUT2D eigenvalue weighted by Gasteiger charge is -2.11. The molecule has 28 heavy (non-hydrogen) atoms. The summed E-state index contributed by atoms with van der Waals surface area (Å²) in [6.07, 6.45) is 0. The first-order valence-corrected chi connectivity index (χ1v) is 10.5. The molecule has 0 unspecified atom stereocenters. The number of thioether (sulfide) groups is 2. The molecule has 0 saturated carbocycles. The molecule has 0 radical (unpaired) electrons. The summed E-state index contributed by atoms with van der Waals surface area (Å²) in [7, 11) is 0. The van der Waals surface area contributed by atoms with Gasteiger partial charge < -0.3 is 11.5 Å². The average molecular weight is 488 g/mol. The second-order valence-electron chi connectivity index (χ2n) is 5.01. The van der Waals surface area contributed by atoms with Gasteiger partial charge in [0, 0.05) is 0 Å². The number of nitrogens with two attached hydrogens (primary N) is 2. The van der Waals surface area contributed by atoms with Crippen LogP contribution in [-0.4, -0.2) is 0 Å². The van der Waals surface area contributed by atoms with E-state index in [9.17, 15) is 10.5 Å². The van der Waals surface area contributed by atoms with Gasteiger partial charge >= 0.3 is 0 Å². The lowest BCUT2D eigenvalue weighted by Crippen LogP contribution is -2.05. The molecule has 142 valence electrons. The molecule has 2 aromatic rings. The number of halogens is 4. The minimum atomic E-state index is -0.100. The van der Waals surface area contributed by atoms with Crippen LogP contribution in [0, 0.1) is 22.7 Å². The van der Waals surface area contributed by atoms with Crippen LogP contribution in [0.4, 0.5) is 0 Å². The zero-order valence-electron chi connectivity index (χ0n) is 13.8. The first kappa shape index (κ1) is 22.6. The van der Waals surface area contributed by atoms with Crippen molar-refractivity contribution in [3.05, 3.63) is 77.7 Å². The van der Waals surface area contributed by atoms with E-state index in [1.807, 2.05) is 12.1 Å². The molecule has 0 spiro atoms. The smallest absolute Gasteiger partial charge is 0.103 e. The van der Waals surface area contributed by atoms with Gasteiger partial charge in [0.1, 0.15) is 23.3 Å². The zero-order valence-corrected chi connectivity index (χ0v) is 18.5. The molecule has 0 aliphatic heterocycles. The van der Waals surface area contributed by atoms with E-state index < -0.39 is 0 Å². The van der Waals surface area contributed by atoms with Crippen LogP contribution in [0.25, 0.3) is 0 Å². The van der Waals surface area contributed by atoms with Crippen LogP contribution < -0.4 is 11.5 Å². The standard InChI is InChI=1S/C18H10Cl4N4S2/c19-11-3-1-4-12(20)15(11)27-17(25)9(7-23)10(8-24)18(26)28-16-13(21)5-2-6-14(16)22/h1-6H,25-26H2/b17-9+,18-10+. The van der Waals surface area contributed by atoms with Gasteiger partial charge in [0.25, 0.3) is 0 Å². The quantitative estimate of drug-likeness (QED) is 0.281. The van der Waals surface area contributed by atoms with E-state index in [2.05, 4.69) is 0 Å². The monoisotopic (exact) mass is 486 g/mol. The first-order valence-electron chi connectivity index (χ1n) is 7.34. The van der Waals surface area contributed by atoms with E-state index in [4.69, 9.17) is 57.9 Å². The van der Waals surface area contributed by atoms with Crippen molar-refractivity contribution in [2.75, 3.05) is 0 Å². The molecule has 2 rings (SSSR count). The van der Waals surface area contributed by atoms with Crippen LogP contribution in [0.3, 0.4) is 0 Å². The number of nitrogens with zero attached hydrogens (tertiary/aromatic N) is 2. The van der Waals surface area contributed by atoms with Crippen LogP contribution in [-0.2, 0) is 0 Å². The van der Waals surface area contributed by atoms with Crippen molar-refractivity contribution in [1.82, 2.24) is 0 Å². The Balaban J connectivity index is 2.49. The van der Waals surface area contributed by atoms with E-state index in [-0.39, 0.29) is 21.2 Å². The maximum Gasteiger partial charge on any atom is 0.103 e. The molecular weight excluding hydrogens is 478 g/mol. The Bertz CT molecular complexity index is 942. The highest BCUT2D eigenvalue weighted by molar-refractivity contribution is 8.03. The Morgan fingerprint density at radius 2 is 0.964 bits per heavy atom. The maximum absolute atomic E-state index is 9.57. The Morgan fingerprint density at radius 1 is 0.679 bits per heavy atom. The topological polar surface area (TPSA) is 99.6 Å². The molecule has 2 aromatic carbocycles. The predicted octanol–water partition coefficient (Wildman–Crippen LogP) is 6.57. The van der Waals surface area contributed by atoms with Crippen LogP contribution in [0.15, 0.2) is 67.4 Å². The van der Waals surface area contributed by atoms with Crippen molar-refractivity contribution in [2.45, 2.75) is 9.79 Å². The van der Waals surface area contributed by atoms with Crippen LogP contribution in [0.5, 0.6) is 0 Å². The van der Waals surface area contributed by atoms with Crippen LogP contribution in [0.1, 0.15) is 0 Å². The van der Waals surface area contributed by atoms with Gasteiger partial charge in [-0.1, -0.05) is 82.1 Å². The summed E-state index contributed by atoms with van der Waals surface area (Å²) in [5, 5.41) is 20.7. The Kier molecular flexibility index (Phi) is 8.27. The van der Waals surface area contributed by atoms with Crippen molar-refractivity contribution in [3.8, 4) is 12.1 Å². The highest BCUT2D eigenvalue weighted by Gasteiger charge is 2.19. The van der Waals surface area contributed by atoms with Crippen molar-refractivity contribution >= 4 is 69.9 Å². The van der Waals surface area contributed by atoms with Gasteiger partial charge in [-0.15, -0.1) is 0 Å². The molecule has 0 heterocycles. The van der Waals surface area contributed by atoms with Gasteiger partial charge in [0.2, 0.25) is 0 Å². The minimum Gasteiger partial charge on any atom is -0.392 e. The van der Waals surface area contributed by atoms with E-state index >= 15 is 0 Å². The summed E-state index contributed by atoms with van der Waals surface area (Å²) >= 11 is 26.5. The van der Waals surface area contributed by atoms with Crippen molar-refractivity contribution in [2.24, 2.45) is 11.5 Å². The van der Waals surface area contributed by atoms with E-state index in [1.54, 1.807) is 36.4 Å². The predicted molar refractivity (Wildman–Crippen MR) is 118 cm³/mol. The SMILES string of the molecule is N#CC(=C(/N)Sc1c(Cl)cccc1Cl)/C(C#N)=C(\N)Sc1c(Cl)cccc1Cl. The average Bonchev–Trinajstić information content (AvgIpc) is 2.65. The van der Waals surface area contributed by atoms with E-state index in [0.29, 0.717) is 29.9 Å². The molecule has 4 N–H and O–H groups in total. The Labute approximate surface area is 190 Å². The Hall–Kier alpha value is -1.64. The fraction of sp³-hybridized carbons (Fsp3) is 0. The van der Waals surface area contributed by atoms with Crippen molar-refractivity contribution in [1.29, 1.82) is 10.5 Å². The number of allylic oxidation sites excluding steroid dienone is 2. The molecular formula is C18H10Cl4N4S2. The van der Waals surface area contributed by atoms with E-state index in [1.165, 1.54) is 0 Å². The number of hydrogen-bond donors (Lipinski definition) is 2. The summed E-state index contributed by atoms with van der Waals surface area (Å²) in [6, 6.07) is 13.8. The molecule has 0 atom stereocenters. The highest BCUT2D eigenvalue weighted by Crippen LogP contribution is 2.41. The number of hydrogen-bond acceptors (Lipinski definition) is 6. The molecule has 0 aromatic heterocycles. The fourth-order valence-electron chi connectivity index (χ4n) is 1.95. The summed E-state index contributed by atoms with van der Waals surface area (Å²) < 4.78 is 0. The lowest BCUT2D eigenvalue weighted by atomic mass is 10.1. The first-order chi connectivity index (χ1) is 13.3. The van der Waals surface area contributed by atoms with Gasteiger partial charge in [-0.05, 0) is 24.3 Å². The highest BCUT2D eigenvalue weighted by atomic mass is 35.5. The molecule has 0 bridgehead atoms. The largest absolute Gasteiger partial charge is 0.392 e. The maximum atomic E-state index is 9.57. The molecule has 0 fully saturated rings. The minimum absolute atomic E-state index is 0.0304. The molecule has 10 heteroatoms. The summed E-state index contributed by atoms with van der Waals surface area (Å²) in [5.74, 6) is 0. The number of rotatable bonds is 5. The van der Waals surface area contributed by atoms with Crippen LogP contribution >= 0.6 is 69.9 Å². The summed E-state index contributed by atoms with van der Waals surface area (Å²) in [5.41, 5.74) is 11.9. The molecule has 0 aliphatic rings. The second-order valence-corrected chi connectivity index (χ2v) is 8.74. The summed E-state index contributed by atoms with van der Waals surface area (Å²) in [4.78, 5) is 0.933. The molecule has 4 nitrogen and oxygen atoms in total. The van der Waals surface area contributed by atoms with E-state index in [0.717, 1.165) is 23.5 Å². The van der Waals surface area contributed by atoms with Gasteiger partial charge in [0.05, 0.1) is 39.9 Å². The molecule has 0 amide bonds. The molecule has 0 aliphatic carbocycles. The van der Waals surface area contributed by atoms with Gasteiger partial charge in [-0.3, -0.25) is 0 Å². The van der Waals surface area contributed by atoms with Crippen molar-refractivity contribution < 1.29 is 0 Å². The number of nitriles is 2. The lowest BCUT2D eigenvalue weighted by molar-refractivity contribution is 1.34.